The Labute approximate surface area is 206 Å². The first-order chi connectivity index (χ1) is 16.8. The molecule has 4 aliphatic carbocycles. The second kappa shape index (κ2) is 8.47. The van der Waals surface area contributed by atoms with Crippen molar-refractivity contribution in [1.29, 1.82) is 0 Å². The van der Waals surface area contributed by atoms with Crippen molar-refractivity contribution in [3.63, 3.8) is 0 Å². The highest BCUT2D eigenvalue weighted by atomic mass is 16.5. The Balaban J connectivity index is 1.11. The van der Waals surface area contributed by atoms with Crippen molar-refractivity contribution in [1.82, 2.24) is 19.5 Å². The molecule has 35 heavy (non-hydrogen) atoms. The van der Waals surface area contributed by atoms with E-state index in [9.17, 15) is 4.79 Å². The van der Waals surface area contributed by atoms with Crippen molar-refractivity contribution < 1.29 is 9.53 Å². The zero-order valence-electron chi connectivity index (χ0n) is 20.8. The van der Waals surface area contributed by atoms with Crippen LogP contribution in [0.5, 0.6) is 11.6 Å². The lowest BCUT2D eigenvalue weighted by atomic mass is 9.49. The first kappa shape index (κ1) is 22.3. The molecule has 4 bridgehead atoms. The predicted molar refractivity (Wildman–Crippen MR) is 134 cm³/mol. The summed E-state index contributed by atoms with van der Waals surface area (Å²) < 4.78 is 7.95. The van der Waals surface area contributed by atoms with E-state index in [1.807, 2.05) is 55.7 Å². The van der Waals surface area contributed by atoms with Crippen LogP contribution < -0.4 is 10.1 Å². The van der Waals surface area contributed by atoms with E-state index < -0.39 is 0 Å². The highest BCUT2D eigenvalue weighted by Crippen LogP contribution is 2.61. The molecule has 7 heteroatoms. The number of carbonyl (C=O) groups excluding carboxylic acids is 1. The number of ether oxygens (including phenoxy) is 1. The van der Waals surface area contributed by atoms with Crippen LogP contribution in [0.3, 0.4) is 0 Å². The number of imidazole rings is 1. The highest BCUT2D eigenvalue weighted by molar-refractivity contribution is 5.91. The monoisotopic (exact) mass is 471 g/mol. The normalized spacial score (nSPS) is 26.7. The summed E-state index contributed by atoms with van der Waals surface area (Å²) in [5.41, 5.74) is 3.04. The van der Waals surface area contributed by atoms with Crippen molar-refractivity contribution in [2.45, 2.75) is 65.7 Å². The summed E-state index contributed by atoms with van der Waals surface area (Å²) in [4.78, 5) is 26.3. The predicted octanol–water partition coefficient (Wildman–Crippen LogP) is 5.92. The Morgan fingerprint density at radius 3 is 2.29 bits per heavy atom. The van der Waals surface area contributed by atoms with Gasteiger partial charge in [0, 0.05) is 23.9 Å². The van der Waals surface area contributed by atoms with Crippen LogP contribution in [0.2, 0.25) is 0 Å². The minimum atomic E-state index is 0.141. The van der Waals surface area contributed by atoms with E-state index in [1.54, 1.807) is 6.33 Å². The number of amides is 1. The Morgan fingerprint density at radius 1 is 1.03 bits per heavy atom. The van der Waals surface area contributed by atoms with Gasteiger partial charge in [-0.15, -0.1) is 0 Å². The molecule has 0 aliphatic heterocycles. The molecule has 1 amide bonds. The van der Waals surface area contributed by atoms with Gasteiger partial charge in [-0.25, -0.2) is 9.97 Å². The molecule has 0 saturated heterocycles. The summed E-state index contributed by atoms with van der Waals surface area (Å²) in [6.45, 7) is 5.83. The average Bonchev–Trinajstić information content (AvgIpc) is 3.11. The molecule has 1 aromatic carbocycles. The number of carbonyl (C=O) groups is 1. The number of nitrogens with one attached hydrogen (secondary N) is 1. The molecule has 4 saturated carbocycles. The fourth-order valence-corrected chi connectivity index (χ4v) is 7.21. The van der Waals surface area contributed by atoms with Crippen molar-refractivity contribution >= 4 is 11.6 Å². The van der Waals surface area contributed by atoms with E-state index in [1.165, 1.54) is 38.5 Å². The number of benzene rings is 1. The molecule has 7 nitrogen and oxygen atoms in total. The maximum atomic E-state index is 12.9. The number of nitrogens with zero attached hydrogens (tertiary/aromatic N) is 4. The second-order valence-electron chi connectivity index (χ2n) is 11.2. The highest BCUT2D eigenvalue weighted by Gasteiger charge is 2.51. The van der Waals surface area contributed by atoms with E-state index in [2.05, 4.69) is 20.3 Å². The van der Waals surface area contributed by atoms with Gasteiger partial charge in [0.1, 0.15) is 23.7 Å². The Bertz CT molecular complexity index is 1230. The first-order valence-corrected chi connectivity index (χ1v) is 12.8. The van der Waals surface area contributed by atoms with Gasteiger partial charge < -0.3 is 10.1 Å². The lowest BCUT2D eigenvalue weighted by Gasteiger charge is -2.56. The van der Waals surface area contributed by atoms with Crippen molar-refractivity contribution in [2.24, 2.45) is 23.2 Å². The maximum Gasteiger partial charge on any atom is 0.224 e. The van der Waals surface area contributed by atoms with Gasteiger partial charge in [0.25, 0.3) is 0 Å². The molecule has 182 valence electrons. The van der Waals surface area contributed by atoms with Crippen LogP contribution in [0.25, 0.3) is 5.82 Å². The van der Waals surface area contributed by atoms with Crippen LogP contribution in [0, 0.1) is 43.9 Å². The molecule has 2 aromatic heterocycles. The van der Waals surface area contributed by atoms with Gasteiger partial charge in [-0.05, 0) is 107 Å². The standard InChI is InChI=1S/C28H33N5O2/c1-17-18(2)33(16-29-17)25-11-27(31-19(3)30-25)35-24-6-4-23(5-7-24)32-26(34)15-28-12-20-8-21(13-28)10-22(9-20)14-28/h4-7,11,16,20-22H,8-10,12-15H2,1-3H3,(H,32,34). The van der Waals surface area contributed by atoms with E-state index in [-0.39, 0.29) is 11.3 Å². The fourth-order valence-electron chi connectivity index (χ4n) is 7.21. The Morgan fingerprint density at radius 2 is 1.69 bits per heavy atom. The number of aromatic nitrogens is 4. The van der Waals surface area contributed by atoms with Gasteiger partial charge in [-0.3, -0.25) is 9.36 Å². The van der Waals surface area contributed by atoms with Crippen LogP contribution in [-0.2, 0) is 4.79 Å². The first-order valence-electron chi connectivity index (χ1n) is 12.8. The van der Waals surface area contributed by atoms with Gasteiger partial charge in [0.2, 0.25) is 11.8 Å². The largest absolute Gasteiger partial charge is 0.439 e. The summed E-state index contributed by atoms with van der Waals surface area (Å²) in [6, 6.07) is 9.33. The number of rotatable bonds is 6. The van der Waals surface area contributed by atoms with Gasteiger partial charge in [0.05, 0.1) is 5.69 Å². The SMILES string of the molecule is Cc1nc(Oc2ccc(NC(=O)CC34CC5CC(CC(C5)C3)C4)cc2)cc(-n2cnc(C)c2C)n1. The van der Waals surface area contributed by atoms with Gasteiger partial charge >= 0.3 is 0 Å². The Kier molecular flexibility index (Phi) is 5.38. The van der Waals surface area contributed by atoms with Crippen molar-refractivity contribution in [3.8, 4) is 17.4 Å². The summed E-state index contributed by atoms with van der Waals surface area (Å²) in [5, 5.41) is 3.13. The smallest absolute Gasteiger partial charge is 0.224 e. The van der Waals surface area contributed by atoms with Crippen LogP contribution >= 0.6 is 0 Å². The molecule has 3 aromatic rings. The third-order valence-corrected chi connectivity index (χ3v) is 8.36. The summed E-state index contributed by atoms with van der Waals surface area (Å²) in [7, 11) is 0. The number of hydrogen-bond acceptors (Lipinski definition) is 5. The lowest BCUT2D eigenvalue weighted by Crippen LogP contribution is -2.47. The molecule has 2 heterocycles. The third-order valence-electron chi connectivity index (χ3n) is 8.36. The van der Waals surface area contributed by atoms with Crippen LogP contribution in [0.15, 0.2) is 36.7 Å². The molecule has 0 radical (unpaired) electrons. The minimum Gasteiger partial charge on any atom is -0.439 e. The zero-order valence-corrected chi connectivity index (χ0v) is 20.8. The fraction of sp³-hybridized carbons (Fsp3) is 0.500. The van der Waals surface area contributed by atoms with Crippen LogP contribution in [0.4, 0.5) is 5.69 Å². The van der Waals surface area contributed by atoms with Crippen molar-refractivity contribution in [2.75, 3.05) is 5.32 Å². The van der Waals surface area contributed by atoms with E-state index in [4.69, 9.17) is 4.74 Å². The lowest BCUT2D eigenvalue weighted by molar-refractivity contribution is -0.124. The molecule has 0 unspecified atom stereocenters. The molecule has 1 N–H and O–H groups in total. The molecule has 0 spiro atoms. The molecular weight excluding hydrogens is 438 g/mol. The summed E-state index contributed by atoms with van der Waals surface area (Å²) in [6.07, 6.45) is 10.4. The van der Waals surface area contributed by atoms with E-state index in [0.717, 1.165) is 40.6 Å². The summed E-state index contributed by atoms with van der Waals surface area (Å²) in [5.74, 6) is 5.19. The van der Waals surface area contributed by atoms with Gasteiger partial charge in [0.15, 0.2) is 0 Å². The molecular formula is C28H33N5O2. The van der Waals surface area contributed by atoms with Gasteiger partial charge in [-0.2, -0.15) is 4.98 Å². The quantitative estimate of drug-likeness (QED) is 0.482. The van der Waals surface area contributed by atoms with E-state index in [0.29, 0.717) is 23.9 Å². The summed E-state index contributed by atoms with van der Waals surface area (Å²) >= 11 is 0. The topological polar surface area (TPSA) is 81.9 Å². The second-order valence-corrected chi connectivity index (χ2v) is 11.2. The number of aryl methyl sites for hydroxylation is 2. The molecule has 0 atom stereocenters. The minimum absolute atomic E-state index is 0.141. The third kappa shape index (κ3) is 4.44. The van der Waals surface area contributed by atoms with E-state index >= 15 is 0 Å². The van der Waals surface area contributed by atoms with Gasteiger partial charge in [-0.1, -0.05) is 0 Å². The number of anilines is 1. The average molecular weight is 472 g/mol. The van der Waals surface area contributed by atoms with Crippen LogP contribution in [0.1, 0.15) is 62.2 Å². The van der Waals surface area contributed by atoms with Crippen LogP contribution in [-0.4, -0.2) is 25.4 Å². The molecule has 4 fully saturated rings. The molecule has 7 rings (SSSR count). The molecule has 4 aliphatic rings. The maximum absolute atomic E-state index is 12.9. The van der Waals surface area contributed by atoms with Crippen molar-refractivity contribution in [3.05, 3.63) is 53.9 Å². The zero-order chi connectivity index (χ0) is 24.2. The Hall–Kier alpha value is -3.22. The number of hydrogen-bond donors (Lipinski definition) is 1.